The molecule has 22 heteroatoms. The van der Waals surface area contributed by atoms with E-state index in [0.29, 0.717) is 90.9 Å². The molecule has 4 aromatic rings. The minimum atomic E-state index is -1.26. The van der Waals surface area contributed by atoms with Crippen molar-refractivity contribution < 1.29 is 85.5 Å². The summed E-state index contributed by atoms with van der Waals surface area (Å²) in [5.41, 5.74) is 16.7. The molecule has 0 unspecified atom stereocenters. The van der Waals surface area contributed by atoms with Crippen molar-refractivity contribution in [3.05, 3.63) is 81.9 Å². The molecule has 0 spiro atoms. The van der Waals surface area contributed by atoms with Crippen LogP contribution in [0.4, 0.5) is 0 Å². The molecule has 0 radical (unpaired) electrons. The number of ether oxygens (including phenoxy) is 14. The Morgan fingerprint density at radius 3 is 1.31 bits per heavy atom. The Morgan fingerprint density at radius 2 is 0.930 bits per heavy atom. The SMILES string of the molecule is COc1cc([C@@H]2c3cc4c(cc3[C@H](OC(=O)[C@@H](N)SSC[C@H](N)C(=O)O[C@H]3c5cc6c(cc5[C@H](c5cc(OC)c(OC)c(OC)c5)[C@@H]5C(=O)OC[C@H]53)OCO6)[C@H]3COC(=O)[C@H]23)OCO4)cc(OC)c1OC. The summed E-state index contributed by atoms with van der Waals surface area (Å²) in [4.78, 5) is 55.3. The lowest BCUT2D eigenvalue weighted by Crippen LogP contribution is -2.41. The average Bonchev–Trinajstić information content (AvgIpc) is 4.21. The maximum absolute atomic E-state index is 13.9. The van der Waals surface area contributed by atoms with Gasteiger partial charge in [-0.2, -0.15) is 0 Å². The average molecular weight is 1020 g/mol. The molecule has 10 rings (SSSR count). The van der Waals surface area contributed by atoms with E-state index < -0.39 is 83.0 Å². The third kappa shape index (κ3) is 8.32. The number of rotatable bonds is 16. The van der Waals surface area contributed by atoms with E-state index in [1.165, 1.54) is 42.7 Å². The molecule has 2 saturated heterocycles. The highest BCUT2D eigenvalue weighted by Crippen LogP contribution is 2.59. The number of methoxy groups -OCH3 is 6. The fourth-order valence-electron chi connectivity index (χ4n) is 10.6. The van der Waals surface area contributed by atoms with Gasteiger partial charge in [-0.25, -0.2) is 4.79 Å². The molecule has 10 atom stereocenters. The van der Waals surface area contributed by atoms with Gasteiger partial charge in [-0.3, -0.25) is 14.4 Å². The zero-order valence-electron chi connectivity index (χ0n) is 39.2. The van der Waals surface area contributed by atoms with Crippen LogP contribution in [0.1, 0.15) is 57.4 Å². The molecule has 71 heavy (non-hydrogen) atoms. The smallest absolute Gasteiger partial charge is 0.334 e. The topological polar surface area (TPSA) is 250 Å². The Hall–Kier alpha value is -6.62. The number of benzene rings is 4. The van der Waals surface area contributed by atoms with E-state index in [1.54, 1.807) is 48.5 Å². The van der Waals surface area contributed by atoms with Gasteiger partial charge in [0.05, 0.1) is 67.7 Å². The van der Waals surface area contributed by atoms with Gasteiger partial charge in [0.25, 0.3) is 0 Å². The van der Waals surface area contributed by atoms with E-state index in [1.807, 2.05) is 0 Å². The molecule has 6 aliphatic rings. The first kappa shape index (κ1) is 48.0. The molecule has 20 nitrogen and oxygen atoms in total. The fourth-order valence-corrected chi connectivity index (χ4v) is 12.6. The summed E-state index contributed by atoms with van der Waals surface area (Å²) in [6.07, 6.45) is -1.95. The number of cyclic esters (lactones) is 2. The van der Waals surface area contributed by atoms with Crippen LogP contribution in [-0.2, 0) is 38.1 Å². The number of fused-ring (bicyclic) bond motifs is 6. The molecule has 4 aliphatic heterocycles. The van der Waals surface area contributed by atoms with Crippen LogP contribution >= 0.6 is 21.6 Å². The van der Waals surface area contributed by atoms with Crippen molar-refractivity contribution in [3.8, 4) is 57.5 Å². The molecular formula is C49H50N2O18S2. The molecule has 4 aromatic carbocycles. The normalized spacial score (nSPS) is 24.7. The van der Waals surface area contributed by atoms with E-state index >= 15 is 0 Å². The third-order valence-corrected chi connectivity index (χ3v) is 16.2. The van der Waals surface area contributed by atoms with Crippen LogP contribution in [-0.4, -0.2) is 111 Å². The van der Waals surface area contributed by atoms with E-state index in [0.717, 1.165) is 21.6 Å². The second kappa shape index (κ2) is 19.5. The van der Waals surface area contributed by atoms with Crippen molar-refractivity contribution in [1.29, 1.82) is 0 Å². The first-order chi connectivity index (χ1) is 34.4. The Balaban J connectivity index is 0.856. The second-order valence-electron chi connectivity index (χ2n) is 17.3. The lowest BCUT2D eigenvalue weighted by atomic mass is 9.66. The molecule has 0 bridgehead atoms. The van der Waals surface area contributed by atoms with E-state index in [4.69, 9.17) is 77.8 Å². The number of nitrogens with two attached hydrogens (primary N) is 2. The van der Waals surface area contributed by atoms with Crippen molar-refractivity contribution in [2.45, 2.75) is 35.5 Å². The van der Waals surface area contributed by atoms with Crippen LogP contribution in [0.15, 0.2) is 48.5 Å². The number of carbonyl (C=O) groups is 4. The lowest BCUT2D eigenvalue weighted by Gasteiger charge is -2.39. The van der Waals surface area contributed by atoms with Gasteiger partial charge < -0.3 is 77.8 Å². The third-order valence-electron chi connectivity index (χ3n) is 13.8. The maximum Gasteiger partial charge on any atom is 0.334 e. The predicted octanol–water partition coefficient (Wildman–Crippen LogP) is 4.93. The Kier molecular flexibility index (Phi) is 13.2. The summed E-state index contributed by atoms with van der Waals surface area (Å²) < 4.78 is 80.6. The van der Waals surface area contributed by atoms with Gasteiger partial charge in [0.2, 0.25) is 25.1 Å². The van der Waals surface area contributed by atoms with Crippen LogP contribution < -0.4 is 58.8 Å². The summed E-state index contributed by atoms with van der Waals surface area (Å²) in [5.74, 6) is -2.47. The summed E-state index contributed by atoms with van der Waals surface area (Å²) >= 11 is 0. The van der Waals surface area contributed by atoms with Crippen LogP contribution in [0.2, 0.25) is 0 Å². The lowest BCUT2D eigenvalue weighted by molar-refractivity contribution is -0.155. The largest absolute Gasteiger partial charge is 0.493 e. The molecule has 4 heterocycles. The first-order valence-electron chi connectivity index (χ1n) is 22.4. The van der Waals surface area contributed by atoms with E-state index in [2.05, 4.69) is 0 Å². The quantitative estimate of drug-likeness (QED) is 0.0654. The number of hydrogen-bond donors (Lipinski definition) is 2. The zero-order valence-corrected chi connectivity index (χ0v) is 40.9. The van der Waals surface area contributed by atoms with Crippen molar-refractivity contribution in [3.63, 3.8) is 0 Å². The van der Waals surface area contributed by atoms with E-state index in [9.17, 15) is 19.2 Å². The summed E-state index contributed by atoms with van der Waals surface area (Å²) in [5, 5.41) is -1.26. The minimum absolute atomic E-state index is 0.0196. The number of hydrogen-bond acceptors (Lipinski definition) is 22. The van der Waals surface area contributed by atoms with Gasteiger partial charge in [-0.15, -0.1) is 0 Å². The van der Waals surface area contributed by atoms with Gasteiger partial charge in [-0.1, -0.05) is 21.6 Å². The second-order valence-corrected chi connectivity index (χ2v) is 19.9. The summed E-state index contributed by atoms with van der Waals surface area (Å²) in [6.45, 7) is -0.108. The van der Waals surface area contributed by atoms with Gasteiger partial charge >= 0.3 is 23.9 Å². The van der Waals surface area contributed by atoms with Gasteiger partial charge in [0, 0.05) is 40.6 Å². The highest BCUT2D eigenvalue weighted by Gasteiger charge is 2.56. The van der Waals surface area contributed by atoms with Crippen molar-refractivity contribution in [2.75, 3.05) is 75.2 Å². The van der Waals surface area contributed by atoms with Crippen molar-refractivity contribution in [1.82, 2.24) is 0 Å². The zero-order chi connectivity index (χ0) is 49.8. The van der Waals surface area contributed by atoms with Crippen molar-refractivity contribution in [2.24, 2.45) is 35.1 Å². The Morgan fingerprint density at radius 1 is 0.549 bits per heavy atom. The number of esters is 4. The maximum atomic E-state index is 13.9. The highest BCUT2D eigenvalue weighted by molar-refractivity contribution is 8.77. The highest BCUT2D eigenvalue weighted by atomic mass is 33.1. The molecule has 0 aromatic heterocycles. The van der Waals surface area contributed by atoms with Gasteiger partial charge in [-0.05, 0) is 70.8 Å². The number of carbonyl (C=O) groups excluding carboxylic acids is 4. The molecular weight excluding hydrogens is 969 g/mol. The van der Waals surface area contributed by atoms with Crippen molar-refractivity contribution >= 4 is 45.5 Å². The summed E-state index contributed by atoms with van der Waals surface area (Å²) in [6, 6.07) is 13.0. The molecule has 2 aliphatic carbocycles. The fraction of sp³-hybridized carbons (Fsp3) is 0.429. The van der Waals surface area contributed by atoms with Crippen LogP contribution in [0.5, 0.6) is 57.5 Å². The Bertz CT molecular complexity index is 2560. The standard InChI is InChI=1S/C49H50N2O18S2/c1-56-33-7-20(8-34(57-2)43(33)60-5)37-22-11-29-31(66-18-64-29)13-24(22)41(26-15-62-47(53)39(26)37)68-46(52)28(50)17-70-71-45(51)49(55)69-42-25-14-32-30(65-19-67-32)12-23(25)38(40-27(42)16-63-48(40)54)21-9-35(58-3)44(61-6)36(10-21)59-4/h7-14,26-28,37-42,45H,15-19,50-51H2,1-6H3/t26-,27+,28+,37+,38-,39-,40+,41+,42+,45+/m1/s1. The molecule has 0 amide bonds. The van der Waals surface area contributed by atoms with Gasteiger partial charge in [0.15, 0.2) is 51.4 Å². The van der Waals surface area contributed by atoms with E-state index in [-0.39, 0.29) is 32.6 Å². The van der Waals surface area contributed by atoms with Crippen LogP contribution in [0.3, 0.4) is 0 Å². The molecule has 376 valence electrons. The predicted molar refractivity (Wildman–Crippen MR) is 251 cm³/mol. The van der Waals surface area contributed by atoms with Crippen LogP contribution in [0, 0.1) is 23.7 Å². The first-order valence-corrected chi connectivity index (χ1v) is 24.8. The molecule has 0 saturated carbocycles. The Labute approximate surface area is 414 Å². The van der Waals surface area contributed by atoms with Gasteiger partial charge in [0.1, 0.15) is 18.2 Å². The van der Waals surface area contributed by atoms with Crippen LogP contribution in [0.25, 0.3) is 0 Å². The molecule has 2 fully saturated rings. The summed E-state index contributed by atoms with van der Waals surface area (Å²) in [7, 11) is 11.0. The molecule has 4 N–H and O–H groups in total. The minimum Gasteiger partial charge on any atom is -0.493 e. The monoisotopic (exact) mass is 1020 g/mol.